The second kappa shape index (κ2) is 9.09. The van der Waals surface area contributed by atoms with Crippen LogP contribution in [0.5, 0.6) is 11.5 Å². The van der Waals surface area contributed by atoms with E-state index < -0.39 is 5.97 Å². The number of carbonyl (C=O) groups is 1. The molecule has 2 aromatic rings. The fourth-order valence-corrected chi connectivity index (χ4v) is 1.73. The first-order valence-corrected chi connectivity index (χ1v) is 7.29. The normalized spacial score (nSPS) is 10.4. The van der Waals surface area contributed by atoms with E-state index >= 15 is 0 Å². The van der Waals surface area contributed by atoms with Gasteiger partial charge >= 0.3 is 5.97 Å². The number of methoxy groups -OCH3 is 1. The van der Waals surface area contributed by atoms with Gasteiger partial charge in [0.25, 0.3) is 0 Å². The molecule has 2 aromatic carbocycles. The molecule has 0 fully saturated rings. The predicted molar refractivity (Wildman–Crippen MR) is 90.3 cm³/mol. The van der Waals surface area contributed by atoms with Gasteiger partial charge in [-0.3, -0.25) is 0 Å². The quantitative estimate of drug-likeness (QED) is 0.315. The molecule has 0 radical (unpaired) electrons. The van der Waals surface area contributed by atoms with E-state index in [1.165, 1.54) is 0 Å². The summed E-state index contributed by atoms with van der Waals surface area (Å²) in [5, 5.41) is 8.30. The summed E-state index contributed by atoms with van der Waals surface area (Å²) in [7, 11) is 1.61. The Bertz CT molecular complexity index is 694. The lowest BCUT2D eigenvalue weighted by Gasteiger charge is -2.06. The van der Waals surface area contributed by atoms with Crippen LogP contribution in [-0.2, 0) is 9.53 Å². The van der Waals surface area contributed by atoms with E-state index in [9.17, 15) is 4.79 Å². The first-order chi connectivity index (χ1) is 11.7. The van der Waals surface area contributed by atoms with Crippen molar-refractivity contribution in [3.8, 4) is 11.5 Å². The van der Waals surface area contributed by atoms with Gasteiger partial charge in [-0.05, 0) is 48.5 Å². The molecule has 0 heterocycles. The van der Waals surface area contributed by atoms with Crippen LogP contribution < -0.4 is 9.47 Å². The SMILES string of the molecule is C=CC(=O)OCCOc1ccc(N=Nc2ccc(OC)cc2)cc1. The number of benzene rings is 2. The standard InChI is InChI=1S/C18H18N2O4/c1-3-18(21)24-13-12-23-17-10-6-15(7-11-17)20-19-14-4-8-16(22-2)9-5-14/h3-11H,1,12-13H2,2H3. The molecule has 2 rings (SSSR count). The highest BCUT2D eigenvalue weighted by Gasteiger charge is 1.98. The molecule has 0 spiro atoms. The Labute approximate surface area is 140 Å². The van der Waals surface area contributed by atoms with E-state index in [-0.39, 0.29) is 13.2 Å². The van der Waals surface area contributed by atoms with Crippen LogP contribution in [0.25, 0.3) is 0 Å². The molecule has 0 amide bonds. The number of rotatable bonds is 8. The van der Waals surface area contributed by atoms with E-state index in [2.05, 4.69) is 16.8 Å². The molecule has 0 saturated heterocycles. The van der Waals surface area contributed by atoms with Crippen LogP contribution in [-0.4, -0.2) is 26.3 Å². The largest absolute Gasteiger partial charge is 0.497 e. The van der Waals surface area contributed by atoms with E-state index in [1.807, 2.05) is 24.3 Å². The number of carbonyl (C=O) groups excluding carboxylic acids is 1. The van der Waals surface area contributed by atoms with Crippen molar-refractivity contribution < 1.29 is 19.0 Å². The Morgan fingerprint density at radius 3 is 2.00 bits per heavy atom. The Morgan fingerprint density at radius 2 is 1.50 bits per heavy atom. The summed E-state index contributed by atoms with van der Waals surface area (Å²) in [5.41, 5.74) is 1.44. The van der Waals surface area contributed by atoms with Crippen molar-refractivity contribution in [2.24, 2.45) is 10.2 Å². The topological polar surface area (TPSA) is 69.5 Å². The molecule has 0 unspecified atom stereocenters. The first kappa shape index (κ1) is 17.2. The van der Waals surface area contributed by atoms with E-state index in [0.717, 1.165) is 17.5 Å². The molecule has 0 atom stereocenters. The van der Waals surface area contributed by atoms with Crippen molar-refractivity contribution >= 4 is 17.3 Å². The number of hydrogen-bond acceptors (Lipinski definition) is 6. The molecular formula is C18H18N2O4. The summed E-state index contributed by atoms with van der Waals surface area (Å²) in [6.45, 7) is 3.75. The number of ether oxygens (including phenoxy) is 3. The molecule has 0 bridgehead atoms. The summed E-state index contributed by atoms with van der Waals surface area (Å²) >= 11 is 0. The second-order valence-electron chi connectivity index (χ2n) is 4.61. The molecule has 0 aliphatic heterocycles. The molecular weight excluding hydrogens is 308 g/mol. The zero-order valence-corrected chi connectivity index (χ0v) is 13.3. The summed E-state index contributed by atoms with van der Waals surface area (Å²) in [4.78, 5) is 10.9. The fourth-order valence-electron chi connectivity index (χ4n) is 1.73. The third kappa shape index (κ3) is 5.57. The van der Waals surface area contributed by atoms with Crippen molar-refractivity contribution in [3.63, 3.8) is 0 Å². The predicted octanol–water partition coefficient (Wildman–Crippen LogP) is 4.22. The third-order valence-electron chi connectivity index (χ3n) is 2.95. The van der Waals surface area contributed by atoms with Crippen LogP contribution in [0, 0.1) is 0 Å². The maximum Gasteiger partial charge on any atom is 0.330 e. The van der Waals surface area contributed by atoms with Gasteiger partial charge in [-0.2, -0.15) is 10.2 Å². The van der Waals surface area contributed by atoms with Gasteiger partial charge in [-0.1, -0.05) is 6.58 Å². The zero-order chi connectivity index (χ0) is 17.2. The molecule has 0 aromatic heterocycles. The van der Waals surface area contributed by atoms with Gasteiger partial charge in [0.1, 0.15) is 24.7 Å². The summed E-state index contributed by atoms with van der Waals surface area (Å²) in [6, 6.07) is 14.4. The van der Waals surface area contributed by atoms with E-state index in [1.54, 1.807) is 31.4 Å². The van der Waals surface area contributed by atoms with Gasteiger partial charge in [0.2, 0.25) is 0 Å². The lowest BCUT2D eigenvalue weighted by atomic mass is 10.3. The maximum atomic E-state index is 10.9. The molecule has 6 heteroatoms. The number of azo groups is 1. The summed E-state index contributed by atoms with van der Waals surface area (Å²) < 4.78 is 15.3. The Balaban J connectivity index is 1.83. The van der Waals surface area contributed by atoms with Crippen LogP contribution in [0.4, 0.5) is 11.4 Å². The van der Waals surface area contributed by atoms with Gasteiger partial charge in [-0.25, -0.2) is 4.79 Å². The number of nitrogens with zero attached hydrogens (tertiary/aromatic N) is 2. The average Bonchev–Trinajstić information content (AvgIpc) is 2.64. The van der Waals surface area contributed by atoms with Crippen molar-refractivity contribution in [1.29, 1.82) is 0 Å². The minimum absolute atomic E-state index is 0.170. The monoisotopic (exact) mass is 326 g/mol. The minimum Gasteiger partial charge on any atom is -0.497 e. The van der Waals surface area contributed by atoms with Crippen molar-refractivity contribution in [2.45, 2.75) is 0 Å². The van der Waals surface area contributed by atoms with Gasteiger partial charge in [0.05, 0.1) is 18.5 Å². The lowest BCUT2D eigenvalue weighted by molar-refractivity contribution is -0.138. The summed E-state index contributed by atoms with van der Waals surface area (Å²) in [6.07, 6.45) is 1.11. The lowest BCUT2D eigenvalue weighted by Crippen LogP contribution is -2.09. The zero-order valence-electron chi connectivity index (χ0n) is 13.3. The Kier molecular flexibility index (Phi) is 6.52. The van der Waals surface area contributed by atoms with Crippen molar-refractivity contribution in [2.75, 3.05) is 20.3 Å². The highest BCUT2D eigenvalue weighted by Crippen LogP contribution is 2.22. The van der Waals surface area contributed by atoms with Crippen LogP contribution >= 0.6 is 0 Å². The van der Waals surface area contributed by atoms with Crippen molar-refractivity contribution in [3.05, 3.63) is 61.2 Å². The van der Waals surface area contributed by atoms with Gasteiger partial charge in [-0.15, -0.1) is 0 Å². The Hall–Kier alpha value is -3.15. The molecule has 124 valence electrons. The van der Waals surface area contributed by atoms with E-state index in [4.69, 9.17) is 14.2 Å². The smallest absolute Gasteiger partial charge is 0.330 e. The maximum absolute atomic E-state index is 10.9. The fraction of sp³-hybridized carbons (Fsp3) is 0.167. The van der Waals surface area contributed by atoms with Gasteiger partial charge in [0, 0.05) is 6.08 Å². The Morgan fingerprint density at radius 1 is 0.958 bits per heavy atom. The molecule has 6 nitrogen and oxygen atoms in total. The molecule has 0 aliphatic carbocycles. The number of hydrogen-bond donors (Lipinski definition) is 0. The van der Waals surface area contributed by atoms with Crippen LogP contribution in [0.3, 0.4) is 0 Å². The summed E-state index contributed by atoms with van der Waals surface area (Å²) in [5.74, 6) is 0.968. The molecule has 0 saturated carbocycles. The van der Waals surface area contributed by atoms with Crippen LogP contribution in [0.15, 0.2) is 71.4 Å². The minimum atomic E-state index is -0.465. The molecule has 24 heavy (non-hydrogen) atoms. The second-order valence-corrected chi connectivity index (χ2v) is 4.61. The average molecular weight is 326 g/mol. The third-order valence-corrected chi connectivity index (χ3v) is 2.95. The molecule has 0 aliphatic rings. The molecule has 0 N–H and O–H groups in total. The van der Waals surface area contributed by atoms with Crippen LogP contribution in [0.1, 0.15) is 0 Å². The highest BCUT2D eigenvalue weighted by molar-refractivity contribution is 5.81. The van der Waals surface area contributed by atoms with Gasteiger partial charge < -0.3 is 14.2 Å². The van der Waals surface area contributed by atoms with Crippen LogP contribution in [0.2, 0.25) is 0 Å². The van der Waals surface area contributed by atoms with Crippen molar-refractivity contribution in [1.82, 2.24) is 0 Å². The van der Waals surface area contributed by atoms with Gasteiger partial charge in [0.15, 0.2) is 0 Å². The first-order valence-electron chi connectivity index (χ1n) is 7.29. The highest BCUT2D eigenvalue weighted by atomic mass is 16.6. The van der Waals surface area contributed by atoms with E-state index in [0.29, 0.717) is 11.4 Å². The number of esters is 1.